The summed E-state index contributed by atoms with van der Waals surface area (Å²) in [6, 6.07) is 7.54. The van der Waals surface area contributed by atoms with E-state index < -0.39 is 0 Å². The van der Waals surface area contributed by atoms with Crippen LogP contribution in [-0.4, -0.2) is 9.97 Å². The first-order chi connectivity index (χ1) is 7.27. The van der Waals surface area contributed by atoms with E-state index in [0.717, 1.165) is 15.1 Å². The quantitative estimate of drug-likeness (QED) is 0.856. The number of hydrogen-bond acceptors (Lipinski definition) is 3. The summed E-state index contributed by atoms with van der Waals surface area (Å²) in [6.07, 6.45) is 3.24. The van der Waals surface area contributed by atoms with Crippen molar-refractivity contribution in [1.82, 2.24) is 9.97 Å². The Morgan fingerprint density at radius 3 is 2.80 bits per heavy atom. The molecule has 0 spiro atoms. The summed E-state index contributed by atoms with van der Waals surface area (Å²) in [5, 5.41) is 3.82. The Kier molecular flexibility index (Phi) is 3.37. The molecule has 15 heavy (non-hydrogen) atoms. The molecule has 0 radical (unpaired) electrons. The lowest BCUT2D eigenvalue weighted by molar-refractivity contribution is 1.15. The van der Waals surface area contributed by atoms with Crippen molar-refractivity contribution in [2.24, 2.45) is 0 Å². The zero-order valence-electron chi connectivity index (χ0n) is 7.61. The minimum absolute atomic E-state index is 0.673. The van der Waals surface area contributed by atoms with Crippen LogP contribution in [0.4, 0.5) is 11.5 Å². The van der Waals surface area contributed by atoms with Crippen molar-refractivity contribution < 1.29 is 0 Å². The van der Waals surface area contributed by atoms with Gasteiger partial charge in [0.2, 0.25) is 0 Å². The summed E-state index contributed by atoms with van der Waals surface area (Å²) in [5.74, 6) is 0.763. The van der Waals surface area contributed by atoms with E-state index in [-0.39, 0.29) is 0 Å². The summed E-state index contributed by atoms with van der Waals surface area (Å²) >= 11 is 8.19. The molecule has 0 unspecified atom stereocenters. The van der Waals surface area contributed by atoms with Crippen LogP contribution < -0.4 is 5.32 Å². The minimum Gasteiger partial charge on any atom is -0.338 e. The average Bonchev–Trinajstić information content (AvgIpc) is 2.24. The highest BCUT2D eigenvalue weighted by Crippen LogP contribution is 2.25. The van der Waals surface area contributed by atoms with Crippen molar-refractivity contribution in [3.63, 3.8) is 0 Å². The Balaban J connectivity index is 2.30. The highest BCUT2D eigenvalue weighted by Gasteiger charge is 2.03. The van der Waals surface area contributed by atoms with Crippen LogP contribution in [0.15, 0.2) is 36.8 Å². The van der Waals surface area contributed by atoms with Crippen LogP contribution in [0.1, 0.15) is 0 Å². The number of anilines is 2. The summed E-state index contributed by atoms with van der Waals surface area (Å²) in [5.41, 5.74) is 0.843. The molecule has 0 aliphatic rings. The van der Waals surface area contributed by atoms with E-state index in [9.17, 15) is 0 Å². The Bertz CT molecular complexity index is 432. The third-order valence-electron chi connectivity index (χ3n) is 1.79. The van der Waals surface area contributed by atoms with E-state index >= 15 is 0 Å². The fourth-order valence-corrected chi connectivity index (χ4v) is 1.71. The molecule has 2 rings (SSSR count). The number of nitrogens with one attached hydrogen (secondary N) is 1. The highest BCUT2D eigenvalue weighted by atomic mass is 127. The van der Waals surface area contributed by atoms with Crippen molar-refractivity contribution in [2.75, 3.05) is 5.32 Å². The smallest absolute Gasteiger partial charge is 0.147 e. The maximum Gasteiger partial charge on any atom is 0.147 e. The molecule has 0 amide bonds. The zero-order valence-corrected chi connectivity index (χ0v) is 10.5. The summed E-state index contributed by atoms with van der Waals surface area (Å²) < 4.78 is 0.954. The van der Waals surface area contributed by atoms with E-state index in [1.54, 1.807) is 6.20 Å². The normalized spacial score (nSPS) is 10.0. The van der Waals surface area contributed by atoms with Crippen molar-refractivity contribution in [1.29, 1.82) is 0 Å². The number of halogens is 2. The first-order valence-corrected chi connectivity index (χ1v) is 5.70. The molecule has 2 aromatic rings. The molecule has 1 heterocycles. The molecule has 0 saturated heterocycles. The predicted molar refractivity (Wildman–Crippen MR) is 69.5 cm³/mol. The maximum atomic E-state index is 6.02. The van der Waals surface area contributed by atoms with Gasteiger partial charge in [0, 0.05) is 6.20 Å². The fourth-order valence-electron chi connectivity index (χ4n) is 1.09. The van der Waals surface area contributed by atoms with Crippen molar-refractivity contribution in [3.05, 3.63) is 45.4 Å². The van der Waals surface area contributed by atoms with Gasteiger partial charge in [0.05, 0.1) is 14.3 Å². The number of para-hydroxylation sites is 1. The Labute approximate surface area is 106 Å². The molecule has 0 saturated carbocycles. The molecular formula is C10H7ClIN3. The van der Waals surface area contributed by atoms with E-state index in [4.69, 9.17) is 11.6 Å². The van der Waals surface area contributed by atoms with Gasteiger partial charge in [-0.05, 0) is 34.7 Å². The molecular weight excluding hydrogens is 324 g/mol. The van der Waals surface area contributed by atoms with Crippen LogP contribution in [0.2, 0.25) is 5.02 Å². The van der Waals surface area contributed by atoms with Gasteiger partial charge in [0.25, 0.3) is 0 Å². The molecule has 0 aliphatic carbocycles. The van der Waals surface area contributed by atoms with Gasteiger partial charge >= 0.3 is 0 Å². The van der Waals surface area contributed by atoms with Gasteiger partial charge in [0.1, 0.15) is 12.1 Å². The second-order valence-corrected chi connectivity index (χ2v) is 4.39. The minimum atomic E-state index is 0.673. The molecule has 5 heteroatoms. The van der Waals surface area contributed by atoms with Gasteiger partial charge in [-0.15, -0.1) is 0 Å². The lowest BCUT2D eigenvalue weighted by atomic mass is 10.3. The number of aromatic nitrogens is 2. The van der Waals surface area contributed by atoms with Gasteiger partial charge in [0.15, 0.2) is 0 Å². The molecule has 3 nitrogen and oxygen atoms in total. The molecule has 0 fully saturated rings. The highest BCUT2D eigenvalue weighted by molar-refractivity contribution is 14.1. The Morgan fingerprint density at radius 2 is 2.07 bits per heavy atom. The van der Waals surface area contributed by atoms with E-state index in [1.807, 2.05) is 24.3 Å². The standard InChI is InChI=1S/C10H7ClIN3/c11-7-3-1-2-4-9(7)15-10-8(12)5-13-6-14-10/h1-6H,(H,13,14,15). The van der Waals surface area contributed by atoms with Gasteiger partial charge in [-0.1, -0.05) is 23.7 Å². The summed E-state index contributed by atoms with van der Waals surface area (Å²) in [4.78, 5) is 8.04. The third-order valence-corrected chi connectivity index (χ3v) is 2.91. The monoisotopic (exact) mass is 331 g/mol. The number of rotatable bonds is 2. The second kappa shape index (κ2) is 4.76. The Hall–Kier alpha value is -0.880. The number of benzene rings is 1. The van der Waals surface area contributed by atoms with Gasteiger partial charge in [-0.25, -0.2) is 9.97 Å². The maximum absolute atomic E-state index is 6.02. The largest absolute Gasteiger partial charge is 0.338 e. The lowest BCUT2D eigenvalue weighted by Gasteiger charge is -2.07. The number of nitrogens with zero attached hydrogens (tertiary/aromatic N) is 2. The second-order valence-electron chi connectivity index (χ2n) is 2.82. The van der Waals surface area contributed by atoms with Crippen molar-refractivity contribution >= 4 is 45.7 Å². The van der Waals surface area contributed by atoms with Crippen LogP contribution >= 0.6 is 34.2 Å². The van der Waals surface area contributed by atoms with Crippen LogP contribution in [0.5, 0.6) is 0 Å². The molecule has 0 atom stereocenters. The molecule has 1 aromatic heterocycles. The SMILES string of the molecule is Clc1ccccc1Nc1ncncc1I. The van der Waals surface area contributed by atoms with Crippen LogP contribution in [0, 0.1) is 3.57 Å². The van der Waals surface area contributed by atoms with E-state index in [2.05, 4.69) is 37.9 Å². The topological polar surface area (TPSA) is 37.8 Å². The molecule has 1 aromatic carbocycles. The molecule has 0 aliphatic heterocycles. The van der Waals surface area contributed by atoms with E-state index in [1.165, 1.54) is 6.33 Å². The summed E-state index contributed by atoms with van der Waals surface area (Å²) in [7, 11) is 0. The van der Waals surface area contributed by atoms with Crippen LogP contribution in [-0.2, 0) is 0 Å². The number of hydrogen-bond donors (Lipinski definition) is 1. The molecule has 76 valence electrons. The molecule has 0 bridgehead atoms. The van der Waals surface area contributed by atoms with Crippen molar-refractivity contribution in [2.45, 2.75) is 0 Å². The van der Waals surface area contributed by atoms with Gasteiger partial charge in [-0.2, -0.15) is 0 Å². The average molecular weight is 332 g/mol. The van der Waals surface area contributed by atoms with Crippen LogP contribution in [0.3, 0.4) is 0 Å². The van der Waals surface area contributed by atoms with Crippen molar-refractivity contribution in [3.8, 4) is 0 Å². The lowest BCUT2D eigenvalue weighted by Crippen LogP contribution is -1.97. The van der Waals surface area contributed by atoms with Gasteiger partial charge < -0.3 is 5.32 Å². The third kappa shape index (κ3) is 2.57. The zero-order chi connectivity index (χ0) is 10.7. The fraction of sp³-hybridized carbons (Fsp3) is 0. The van der Waals surface area contributed by atoms with Gasteiger partial charge in [-0.3, -0.25) is 0 Å². The summed E-state index contributed by atoms with van der Waals surface area (Å²) in [6.45, 7) is 0. The molecule has 1 N–H and O–H groups in total. The predicted octanol–water partition coefficient (Wildman–Crippen LogP) is 3.48. The Morgan fingerprint density at radius 1 is 1.27 bits per heavy atom. The van der Waals surface area contributed by atoms with E-state index in [0.29, 0.717) is 5.02 Å². The van der Waals surface area contributed by atoms with Crippen LogP contribution in [0.25, 0.3) is 0 Å². The first kappa shape index (κ1) is 10.6. The first-order valence-electron chi connectivity index (χ1n) is 4.24.